The van der Waals surface area contributed by atoms with E-state index in [1.165, 1.54) is 25.3 Å². The van der Waals surface area contributed by atoms with Crippen molar-refractivity contribution in [2.24, 2.45) is 0 Å². The van der Waals surface area contributed by atoms with E-state index in [-0.39, 0.29) is 53.6 Å². The Balaban J connectivity index is 1.59. The highest BCUT2D eigenvalue weighted by atomic mass is 32.2. The molecule has 1 aromatic heterocycles. The van der Waals surface area contributed by atoms with Gasteiger partial charge in [-0.2, -0.15) is 13.2 Å². The number of fused-ring (bicyclic) bond motifs is 1. The van der Waals surface area contributed by atoms with Gasteiger partial charge in [0.05, 0.1) is 46.5 Å². The minimum Gasteiger partial charge on any atom is -0.489 e. The maximum atomic E-state index is 13.6. The first-order valence-electron chi connectivity index (χ1n) is 13.1. The lowest BCUT2D eigenvalue weighted by atomic mass is 10.1. The van der Waals surface area contributed by atoms with Crippen molar-refractivity contribution in [3.63, 3.8) is 0 Å². The zero-order chi connectivity index (χ0) is 30.5. The van der Waals surface area contributed by atoms with Gasteiger partial charge in [0.15, 0.2) is 9.84 Å². The van der Waals surface area contributed by atoms with E-state index < -0.39 is 32.4 Å². The molecule has 228 valence electrons. The molecule has 1 aliphatic rings. The number of rotatable bonds is 10. The van der Waals surface area contributed by atoms with Crippen LogP contribution in [0.25, 0.3) is 10.9 Å². The zero-order valence-electron chi connectivity index (χ0n) is 23.1. The molecule has 2 aromatic carbocycles. The van der Waals surface area contributed by atoms with Gasteiger partial charge in [0, 0.05) is 36.5 Å². The Bertz CT molecular complexity index is 1690. The zero-order valence-corrected chi connectivity index (χ0v) is 24.8. The third-order valence-corrected chi connectivity index (χ3v) is 9.53. The van der Waals surface area contributed by atoms with Crippen LogP contribution >= 0.6 is 0 Å². The number of sulfone groups is 2. The maximum absolute atomic E-state index is 13.6. The van der Waals surface area contributed by atoms with E-state index in [2.05, 4.69) is 22.5 Å². The number of halogens is 3. The monoisotopic (exact) mass is 627 g/mol. The molecule has 14 heteroatoms. The Morgan fingerprint density at radius 1 is 1.07 bits per heavy atom. The third kappa shape index (κ3) is 8.33. The van der Waals surface area contributed by atoms with Crippen LogP contribution in [0.1, 0.15) is 18.5 Å². The van der Waals surface area contributed by atoms with Gasteiger partial charge in [-0.1, -0.05) is 12.0 Å². The average molecular weight is 628 g/mol. The van der Waals surface area contributed by atoms with Crippen molar-refractivity contribution < 1.29 is 39.5 Å². The lowest BCUT2D eigenvalue weighted by Gasteiger charge is -2.24. The molecule has 42 heavy (non-hydrogen) atoms. The molecule has 0 radical (unpaired) electrons. The van der Waals surface area contributed by atoms with E-state index in [0.29, 0.717) is 35.1 Å². The molecule has 1 aliphatic heterocycles. The van der Waals surface area contributed by atoms with Gasteiger partial charge in [0.1, 0.15) is 28.7 Å². The van der Waals surface area contributed by atoms with E-state index in [1.54, 1.807) is 24.3 Å². The first kappa shape index (κ1) is 31.5. The molecular formula is C28H32F3N3O6S2. The van der Waals surface area contributed by atoms with Crippen LogP contribution in [0.2, 0.25) is 0 Å². The summed E-state index contributed by atoms with van der Waals surface area (Å²) in [6.07, 6.45) is -2.57. The summed E-state index contributed by atoms with van der Waals surface area (Å²) in [6, 6.07) is 10.8. The molecule has 0 bridgehead atoms. The topological polar surface area (TPSA) is 116 Å². The van der Waals surface area contributed by atoms with E-state index in [9.17, 15) is 30.0 Å². The van der Waals surface area contributed by atoms with E-state index in [1.807, 2.05) is 0 Å². The molecule has 0 aliphatic carbocycles. The molecule has 3 aromatic rings. The number of hydrogen-bond donors (Lipinski definition) is 2. The van der Waals surface area contributed by atoms with Crippen LogP contribution in [0.3, 0.4) is 0 Å². The summed E-state index contributed by atoms with van der Waals surface area (Å²) in [7, 11) is -5.03. The Morgan fingerprint density at radius 3 is 2.48 bits per heavy atom. The molecule has 0 unspecified atom stereocenters. The number of aromatic nitrogens is 1. The number of benzene rings is 2. The fraction of sp³-hybridized carbons (Fsp3) is 0.429. The van der Waals surface area contributed by atoms with E-state index in [4.69, 9.17) is 9.47 Å². The first-order chi connectivity index (χ1) is 19.8. The van der Waals surface area contributed by atoms with Crippen molar-refractivity contribution >= 4 is 42.0 Å². The van der Waals surface area contributed by atoms with E-state index in [0.717, 1.165) is 10.8 Å². The minimum atomic E-state index is -4.49. The summed E-state index contributed by atoms with van der Waals surface area (Å²) in [5, 5.41) is 6.90. The summed E-state index contributed by atoms with van der Waals surface area (Å²) < 4.78 is 99.9. The second-order valence-electron chi connectivity index (χ2n) is 9.97. The number of alkyl halides is 3. The predicted molar refractivity (Wildman–Crippen MR) is 156 cm³/mol. The normalized spacial score (nSPS) is 15.6. The van der Waals surface area contributed by atoms with Crippen LogP contribution in [0.4, 0.5) is 24.5 Å². The number of methoxy groups -OCH3 is 1. The second kappa shape index (κ2) is 12.8. The van der Waals surface area contributed by atoms with Crippen LogP contribution in [0.15, 0.2) is 47.4 Å². The molecule has 0 atom stereocenters. The summed E-state index contributed by atoms with van der Waals surface area (Å²) in [5.41, 5.74) is 1.59. The number of nitrogens with one attached hydrogen (secondary N) is 2. The SMILES string of the molecule is COCCOc1cc(S(C)(=O)=O)ccc1NCC#Cc1cc2c(NC3CCS(=O)(=O)CC3)cccc2n1CC(F)(F)F. The Kier molecular flexibility index (Phi) is 9.64. The third-order valence-electron chi connectivity index (χ3n) is 6.71. The molecule has 0 spiro atoms. The van der Waals surface area contributed by atoms with Gasteiger partial charge in [-0.15, -0.1) is 0 Å². The standard InChI is InChI=1S/C28H32F3N3O6S2/c1-39-13-14-40-27-18-22(41(2,35)36)8-9-25(27)32-12-4-5-21-17-23-24(33-20-10-15-42(37,38)16-11-20)6-3-7-26(23)34(21)19-28(29,30)31/h3,6-9,17-18,20,32-33H,10-16,19H2,1-2H3. The molecule has 9 nitrogen and oxygen atoms in total. The van der Waals surface area contributed by atoms with Crippen molar-refractivity contribution in [1.82, 2.24) is 4.57 Å². The number of nitrogens with zero attached hydrogens (tertiary/aromatic N) is 1. The van der Waals surface area contributed by atoms with Gasteiger partial charge >= 0.3 is 6.18 Å². The van der Waals surface area contributed by atoms with Crippen molar-refractivity contribution in [3.05, 3.63) is 48.2 Å². The minimum absolute atomic E-state index is 0.0358. The Hall–Kier alpha value is -3.41. The van der Waals surface area contributed by atoms with Crippen molar-refractivity contribution in [1.29, 1.82) is 0 Å². The maximum Gasteiger partial charge on any atom is 0.406 e. The van der Waals surface area contributed by atoms with Crippen LogP contribution in [-0.4, -0.2) is 78.3 Å². The number of anilines is 2. The molecule has 0 amide bonds. The van der Waals surface area contributed by atoms with Gasteiger partial charge in [-0.3, -0.25) is 0 Å². The first-order valence-corrected chi connectivity index (χ1v) is 16.8. The lowest BCUT2D eigenvalue weighted by molar-refractivity contribution is -0.140. The van der Waals surface area contributed by atoms with Gasteiger partial charge in [-0.05, 0) is 49.1 Å². The smallest absolute Gasteiger partial charge is 0.406 e. The number of ether oxygens (including phenoxy) is 2. The van der Waals surface area contributed by atoms with Crippen molar-refractivity contribution in [2.45, 2.75) is 36.5 Å². The molecule has 0 saturated carbocycles. The fourth-order valence-electron chi connectivity index (χ4n) is 4.63. The summed E-state index contributed by atoms with van der Waals surface area (Å²) in [4.78, 5) is 0.0717. The summed E-state index contributed by atoms with van der Waals surface area (Å²) >= 11 is 0. The van der Waals surface area contributed by atoms with Crippen molar-refractivity contribution in [3.8, 4) is 17.6 Å². The summed E-state index contributed by atoms with van der Waals surface area (Å²) in [6.45, 7) is -0.741. The second-order valence-corrected chi connectivity index (χ2v) is 14.3. The lowest BCUT2D eigenvalue weighted by Crippen LogP contribution is -2.32. The Morgan fingerprint density at radius 2 is 1.81 bits per heavy atom. The average Bonchev–Trinajstić information content (AvgIpc) is 3.24. The highest BCUT2D eigenvalue weighted by molar-refractivity contribution is 7.91. The van der Waals surface area contributed by atoms with Gasteiger partial charge in [-0.25, -0.2) is 16.8 Å². The van der Waals surface area contributed by atoms with Crippen molar-refractivity contribution in [2.75, 3.05) is 55.3 Å². The molecule has 1 saturated heterocycles. The van der Waals surface area contributed by atoms with E-state index >= 15 is 0 Å². The fourth-order valence-corrected chi connectivity index (χ4v) is 6.75. The summed E-state index contributed by atoms with van der Waals surface area (Å²) in [5.74, 6) is 6.09. The van der Waals surface area contributed by atoms with Gasteiger partial charge < -0.3 is 24.7 Å². The molecular weight excluding hydrogens is 595 g/mol. The molecule has 2 heterocycles. The van der Waals surface area contributed by atoms with Crippen LogP contribution in [0.5, 0.6) is 5.75 Å². The largest absolute Gasteiger partial charge is 0.489 e. The van der Waals surface area contributed by atoms with Gasteiger partial charge in [0.25, 0.3) is 0 Å². The number of hydrogen-bond acceptors (Lipinski definition) is 8. The molecule has 4 rings (SSSR count). The van der Waals surface area contributed by atoms with Gasteiger partial charge in [0.2, 0.25) is 0 Å². The highest BCUT2D eigenvalue weighted by Crippen LogP contribution is 2.32. The van der Waals surface area contributed by atoms with Crippen LogP contribution in [-0.2, 0) is 31.0 Å². The predicted octanol–water partition coefficient (Wildman–Crippen LogP) is 4.09. The Labute approximate surface area is 243 Å². The highest BCUT2D eigenvalue weighted by Gasteiger charge is 2.30. The quantitative estimate of drug-likeness (QED) is 0.255. The molecule has 2 N–H and O–H groups in total. The van der Waals surface area contributed by atoms with Crippen LogP contribution in [0, 0.1) is 11.8 Å². The van der Waals surface area contributed by atoms with Crippen LogP contribution < -0.4 is 15.4 Å². The molecule has 1 fully saturated rings.